The normalized spacial score (nSPS) is 11.2. The van der Waals surface area contributed by atoms with Crippen LogP contribution in [0.4, 0.5) is 4.39 Å². The van der Waals surface area contributed by atoms with Gasteiger partial charge < -0.3 is 4.84 Å². The molecule has 0 aliphatic rings. The summed E-state index contributed by atoms with van der Waals surface area (Å²) >= 11 is 5.08. The lowest BCUT2D eigenvalue weighted by molar-refractivity contribution is 0.132. The molecule has 7 heteroatoms. The molecule has 0 N–H and O–H groups in total. The van der Waals surface area contributed by atoms with Gasteiger partial charge in [0, 0.05) is 22.0 Å². The van der Waals surface area contributed by atoms with Crippen LogP contribution in [-0.4, -0.2) is 16.0 Å². The molecule has 0 unspecified atom stereocenters. The van der Waals surface area contributed by atoms with Gasteiger partial charge in [-0.1, -0.05) is 75.3 Å². The fourth-order valence-corrected chi connectivity index (χ4v) is 4.21. The van der Waals surface area contributed by atoms with Gasteiger partial charge in [0.05, 0.1) is 11.8 Å². The molecule has 0 bridgehead atoms. The fourth-order valence-electron chi connectivity index (χ4n) is 3.01. The SMILES string of the molecule is Cn1nc(-c2ccccc2)c(/C=N/OCc2cccc(F)c2)c1Sc1ccc(Br)cc1. The summed E-state index contributed by atoms with van der Waals surface area (Å²) in [7, 11) is 1.92. The zero-order valence-electron chi connectivity index (χ0n) is 16.7. The number of benzene rings is 3. The van der Waals surface area contributed by atoms with E-state index >= 15 is 0 Å². The Morgan fingerprint density at radius 2 is 1.84 bits per heavy atom. The number of aromatic nitrogens is 2. The van der Waals surface area contributed by atoms with Crippen molar-refractivity contribution in [1.29, 1.82) is 0 Å². The second kappa shape index (κ2) is 9.94. The summed E-state index contributed by atoms with van der Waals surface area (Å²) in [5.74, 6) is -0.295. The lowest BCUT2D eigenvalue weighted by Crippen LogP contribution is -1.94. The first-order valence-corrected chi connectivity index (χ1v) is 11.2. The van der Waals surface area contributed by atoms with E-state index in [2.05, 4.69) is 21.1 Å². The lowest BCUT2D eigenvalue weighted by atomic mass is 10.1. The molecule has 1 aromatic heterocycles. The zero-order chi connectivity index (χ0) is 21.6. The minimum Gasteiger partial charge on any atom is -0.391 e. The Labute approximate surface area is 192 Å². The van der Waals surface area contributed by atoms with Crippen molar-refractivity contribution in [3.05, 3.63) is 100 Å². The van der Waals surface area contributed by atoms with Crippen LogP contribution in [0.2, 0.25) is 0 Å². The van der Waals surface area contributed by atoms with Crippen molar-refractivity contribution in [3.63, 3.8) is 0 Å². The van der Waals surface area contributed by atoms with E-state index in [9.17, 15) is 4.39 Å². The lowest BCUT2D eigenvalue weighted by Gasteiger charge is -2.05. The summed E-state index contributed by atoms with van der Waals surface area (Å²) in [6.07, 6.45) is 1.68. The molecule has 31 heavy (non-hydrogen) atoms. The van der Waals surface area contributed by atoms with Crippen LogP contribution in [0.1, 0.15) is 11.1 Å². The van der Waals surface area contributed by atoms with Gasteiger partial charge in [0.1, 0.15) is 23.1 Å². The Kier molecular flexibility index (Phi) is 6.84. The van der Waals surface area contributed by atoms with Gasteiger partial charge in [-0.25, -0.2) is 4.39 Å². The molecule has 0 saturated heterocycles. The highest BCUT2D eigenvalue weighted by Gasteiger charge is 2.17. The van der Waals surface area contributed by atoms with Crippen LogP contribution in [0.5, 0.6) is 0 Å². The van der Waals surface area contributed by atoms with Crippen LogP contribution in [0, 0.1) is 5.82 Å². The summed E-state index contributed by atoms with van der Waals surface area (Å²) in [5, 5.41) is 9.84. The molecule has 4 aromatic rings. The molecular weight excluding hydrogens is 477 g/mol. The van der Waals surface area contributed by atoms with Gasteiger partial charge in [0.2, 0.25) is 0 Å². The Bertz CT molecular complexity index is 1190. The Morgan fingerprint density at radius 1 is 1.06 bits per heavy atom. The first-order chi connectivity index (χ1) is 15.1. The predicted octanol–water partition coefficient (Wildman–Crippen LogP) is 6.69. The molecule has 4 rings (SSSR count). The molecule has 0 fully saturated rings. The van der Waals surface area contributed by atoms with E-state index in [1.165, 1.54) is 12.1 Å². The fraction of sp³-hybridized carbons (Fsp3) is 0.0833. The second-order valence-corrected chi connectivity index (χ2v) is 8.73. The van der Waals surface area contributed by atoms with Crippen molar-refractivity contribution in [3.8, 4) is 11.3 Å². The zero-order valence-corrected chi connectivity index (χ0v) is 19.1. The predicted molar refractivity (Wildman–Crippen MR) is 126 cm³/mol. The quantitative estimate of drug-likeness (QED) is 0.211. The van der Waals surface area contributed by atoms with Gasteiger partial charge in [-0.05, 0) is 42.0 Å². The molecule has 0 amide bonds. The molecule has 3 aromatic carbocycles. The summed E-state index contributed by atoms with van der Waals surface area (Å²) in [6, 6.07) is 24.4. The average molecular weight is 496 g/mol. The molecule has 0 saturated carbocycles. The van der Waals surface area contributed by atoms with E-state index in [1.54, 1.807) is 30.1 Å². The monoisotopic (exact) mass is 495 g/mol. The third kappa shape index (κ3) is 5.42. The van der Waals surface area contributed by atoms with E-state index in [-0.39, 0.29) is 12.4 Å². The largest absolute Gasteiger partial charge is 0.391 e. The number of halogens is 2. The molecule has 1 heterocycles. The van der Waals surface area contributed by atoms with E-state index in [0.717, 1.165) is 36.8 Å². The van der Waals surface area contributed by atoms with E-state index in [1.807, 2.05) is 66.3 Å². The smallest absolute Gasteiger partial charge is 0.142 e. The van der Waals surface area contributed by atoms with Crippen molar-refractivity contribution in [2.24, 2.45) is 12.2 Å². The van der Waals surface area contributed by atoms with Gasteiger partial charge in [-0.15, -0.1) is 0 Å². The van der Waals surface area contributed by atoms with E-state index < -0.39 is 0 Å². The van der Waals surface area contributed by atoms with Crippen molar-refractivity contribution in [1.82, 2.24) is 9.78 Å². The maximum Gasteiger partial charge on any atom is 0.142 e. The number of nitrogens with zero attached hydrogens (tertiary/aromatic N) is 3. The maximum absolute atomic E-state index is 13.4. The number of hydrogen-bond acceptors (Lipinski definition) is 4. The molecule has 4 nitrogen and oxygen atoms in total. The standard InChI is InChI=1S/C24H19BrFN3OS/c1-29-24(31-21-12-10-19(25)11-13-21)22(23(28-29)18-7-3-2-4-8-18)15-27-30-16-17-6-5-9-20(26)14-17/h2-15H,16H2,1H3/b27-15+. The topological polar surface area (TPSA) is 39.4 Å². The van der Waals surface area contributed by atoms with Gasteiger partial charge in [-0.3, -0.25) is 4.68 Å². The maximum atomic E-state index is 13.4. The minimum atomic E-state index is -0.295. The van der Waals surface area contributed by atoms with E-state index in [0.29, 0.717) is 0 Å². The van der Waals surface area contributed by atoms with Gasteiger partial charge in [0.25, 0.3) is 0 Å². The highest BCUT2D eigenvalue weighted by Crippen LogP contribution is 2.35. The summed E-state index contributed by atoms with van der Waals surface area (Å²) < 4.78 is 16.2. The molecule has 0 aliphatic carbocycles. The highest BCUT2D eigenvalue weighted by atomic mass is 79.9. The first-order valence-electron chi connectivity index (χ1n) is 9.56. The van der Waals surface area contributed by atoms with Crippen LogP contribution < -0.4 is 0 Å². The van der Waals surface area contributed by atoms with Crippen molar-refractivity contribution < 1.29 is 9.23 Å². The number of aryl methyl sites for hydroxylation is 1. The van der Waals surface area contributed by atoms with E-state index in [4.69, 9.17) is 9.94 Å². The van der Waals surface area contributed by atoms with Crippen LogP contribution in [-0.2, 0) is 18.5 Å². The third-order valence-corrected chi connectivity index (χ3v) is 6.20. The molecule has 0 aliphatic heterocycles. The molecule has 0 atom stereocenters. The highest BCUT2D eigenvalue weighted by molar-refractivity contribution is 9.10. The Hall–Kier alpha value is -2.90. The van der Waals surface area contributed by atoms with Gasteiger partial charge in [0.15, 0.2) is 0 Å². The second-order valence-electron chi connectivity index (χ2n) is 6.75. The van der Waals surface area contributed by atoms with Crippen LogP contribution in [0.25, 0.3) is 11.3 Å². The van der Waals surface area contributed by atoms with Gasteiger partial charge in [-0.2, -0.15) is 5.10 Å². The minimum absolute atomic E-state index is 0.185. The van der Waals surface area contributed by atoms with Crippen LogP contribution in [0.15, 0.2) is 98.4 Å². The summed E-state index contributed by atoms with van der Waals surface area (Å²) in [5.41, 5.74) is 3.39. The van der Waals surface area contributed by atoms with Crippen LogP contribution in [0.3, 0.4) is 0 Å². The number of hydrogen-bond donors (Lipinski definition) is 0. The number of oxime groups is 1. The third-order valence-electron chi connectivity index (χ3n) is 4.48. The molecule has 0 spiro atoms. The summed E-state index contributed by atoms with van der Waals surface area (Å²) in [4.78, 5) is 6.53. The average Bonchev–Trinajstić information content (AvgIpc) is 3.09. The summed E-state index contributed by atoms with van der Waals surface area (Å²) in [6.45, 7) is 0.185. The first kappa shape index (κ1) is 21.3. The van der Waals surface area contributed by atoms with Crippen molar-refractivity contribution in [2.75, 3.05) is 0 Å². The van der Waals surface area contributed by atoms with Crippen LogP contribution >= 0.6 is 27.7 Å². The Morgan fingerprint density at radius 3 is 2.58 bits per heavy atom. The van der Waals surface area contributed by atoms with Crippen molar-refractivity contribution >= 4 is 33.9 Å². The molecule has 0 radical (unpaired) electrons. The van der Waals surface area contributed by atoms with Crippen molar-refractivity contribution in [2.45, 2.75) is 16.5 Å². The number of rotatable bonds is 7. The van der Waals surface area contributed by atoms with Gasteiger partial charge >= 0.3 is 0 Å². The molecule has 156 valence electrons. The molecular formula is C24H19BrFN3OS. The Balaban J connectivity index is 1.63.